The van der Waals surface area contributed by atoms with Gasteiger partial charge in [0.1, 0.15) is 0 Å². The summed E-state index contributed by atoms with van der Waals surface area (Å²) in [6.45, 7) is 9.53. The van der Waals surface area contributed by atoms with Crippen molar-refractivity contribution < 1.29 is 14.3 Å². The molecule has 152 valence electrons. The molecule has 0 N–H and O–H groups in total. The molecule has 0 saturated carbocycles. The fourth-order valence-corrected chi connectivity index (χ4v) is 3.15. The van der Waals surface area contributed by atoms with Gasteiger partial charge >= 0.3 is 5.97 Å². The van der Waals surface area contributed by atoms with E-state index in [-0.39, 0.29) is 17.8 Å². The van der Waals surface area contributed by atoms with Crippen molar-refractivity contribution in [3.8, 4) is 5.69 Å². The molecule has 1 aromatic heterocycles. The first-order chi connectivity index (χ1) is 13.5. The van der Waals surface area contributed by atoms with Gasteiger partial charge in [0, 0.05) is 43.3 Å². The highest BCUT2D eigenvalue weighted by Crippen LogP contribution is 2.14. The fraction of sp³-hybridized carbons (Fsp3) is 0.455. The standard InChI is InChI=1S/C22H31N3O3/c1-5-23(6-2)15-16-25(17-18(3)22(27)28-4)21(26)19-9-11-20(12-10-19)24-13-7-8-14-24/h7-14,18H,5-6,15-17H2,1-4H3. The predicted octanol–water partition coefficient (Wildman–Crippen LogP) is 3.07. The zero-order valence-electron chi connectivity index (χ0n) is 17.3. The third-order valence-corrected chi connectivity index (χ3v) is 4.98. The molecular formula is C22H31N3O3. The van der Waals surface area contributed by atoms with Crippen LogP contribution in [0, 0.1) is 5.92 Å². The van der Waals surface area contributed by atoms with Gasteiger partial charge in [-0.05, 0) is 49.5 Å². The van der Waals surface area contributed by atoms with E-state index in [1.807, 2.05) is 53.4 Å². The molecule has 0 aliphatic rings. The van der Waals surface area contributed by atoms with E-state index in [1.54, 1.807) is 11.8 Å². The molecule has 1 aromatic carbocycles. The molecule has 6 nitrogen and oxygen atoms in total. The van der Waals surface area contributed by atoms with Gasteiger partial charge in [0.15, 0.2) is 0 Å². The maximum atomic E-state index is 13.1. The first-order valence-corrected chi connectivity index (χ1v) is 9.83. The Labute approximate surface area is 167 Å². The van der Waals surface area contributed by atoms with Gasteiger partial charge in [0.05, 0.1) is 13.0 Å². The predicted molar refractivity (Wildman–Crippen MR) is 111 cm³/mol. The van der Waals surface area contributed by atoms with Gasteiger partial charge < -0.3 is 19.1 Å². The van der Waals surface area contributed by atoms with Gasteiger partial charge in [-0.15, -0.1) is 0 Å². The third kappa shape index (κ3) is 5.70. The Kier molecular flexibility index (Phi) is 8.26. The Balaban J connectivity index is 2.15. The molecule has 0 aliphatic heterocycles. The largest absolute Gasteiger partial charge is 0.469 e. The first kappa shape index (κ1) is 21.7. The number of amides is 1. The summed E-state index contributed by atoms with van der Waals surface area (Å²) < 4.78 is 6.83. The molecule has 1 amide bonds. The Morgan fingerprint density at radius 2 is 1.64 bits per heavy atom. The maximum Gasteiger partial charge on any atom is 0.310 e. The summed E-state index contributed by atoms with van der Waals surface area (Å²) in [7, 11) is 1.38. The first-order valence-electron chi connectivity index (χ1n) is 9.83. The Morgan fingerprint density at radius 1 is 1.04 bits per heavy atom. The number of esters is 1. The van der Waals surface area contributed by atoms with Gasteiger partial charge in [0.2, 0.25) is 0 Å². The van der Waals surface area contributed by atoms with Crippen LogP contribution in [0.1, 0.15) is 31.1 Å². The molecule has 2 rings (SSSR count). The van der Waals surface area contributed by atoms with Gasteiger partial charge in [-0.3, -0.25) is 9.59 Å². The van der Waals surface area contributed by atoms with Crippen LogP contribution in [0.4, 0.5) is 0 Å². The summed E-state index contributed by atoms with van der Waals surface area (Å²) in [6, 6.07) is 11.5. The molecule has 0 spiro atoms. The van der Waals surface area contributed by atoms with E-state index in [1.165, 1.54) is 7.11 Å². The molecule has 1 atom stereocenters. The van der Waals surface area contributed by atoms with Crippen LogP contribution >= 0.6 is 0 Å². The van der Waals surface area contributed by atoms with Gasteiger partial charge in [-0.2, -0.15) is 0 Å². The molecule has 2 aromatic rings. The quantitative estimate of drug-likeness (QED) is 0.590. The Morgan fingerprint density at radius 3 is 2.18 bits per heavy atom. The number of benzene rings is 1. The topological polar surface area (TPSA) is 54.8 Å². The number of ether oxygens (including phenoxy) is 1. The van der Waals surface area contributed by atoms with Gasteiger partial charge in [-0.1, -0.05) is 20.8 Å². The molecular weight excluding hydrogens is 354 g/mol. The zero-order chi connectivity index (χ0) is 20.5. The highest BCUT2D eigenvalue weighted by molar-refractivity contribution is 5.94. The Hall–Kier alpha value is -2.60. The lowest BCUT2D eigenvalue weighted by Gasteiger charge is -2.28. The molecule has 0 saturated heterocycles. The fourth-order valence-electron chi connectivity index (χ4n) is 3.15. The van der Waals surface area contributed by atoms with E-state index in [9.17, 15) is 9.59 Å². The molecule has 0 fully saturated rings. The van der Waals surface area contributed by atoms with E-state index in [0.29, 0.717) is 18.7 Å². The van der Waals surface area contributed by atoms with Crippen LogP contribution < -0.4 is 0 Å². The summed E-state index contributed by atoms with van der Waals surface area (Å²) in [5.74, 6) is -0.740. The number of rotatable bonds is 10. The molecule has 0 radical (unpaired) electrons. The molecule has 0 bridgehead atoms. The lowest BCUT2D eigenvalue weighted by Crippen LogP contribution is -2.42. The zero-order valence-corrected chi connectivity index (χ0v) is 17.3. The normalized spacial score (nSPS) is 12.0. The monoisotopic (exact) mass is 385 g/mol. The van der Waals surface area contributed by atoms with E-state index in [4.69, 9.17) is 4.74 Å². The minimum absolute atomic E-state index is 0.0676. The maximum absolute atomic E-state index is 13.1. The average molecular weight is 386 g/mol. The minimum atomic E-state index is -0.371. The van der Waals surface area contributed by atoms with Crippen LogP contribution in [0.5, 0.6) is 0 Å². The second-order valence-corrected chi connectivity index (χ2v) is 6.84. The van der Waals surface area contributed by atoms with Gasteiger partial charge in [0.25, 0.3) is 5.91 Å². The third-order valence-electron chi connectivity index (χ3n) is 4.98. The molecule has 1 heterocycles. The summed E-state index contributed by atoms with van der Waals surface area (Å²) in [5, 5.41) is 0. The molecule has 6 heteroatoms. The molecule has 0 aliphatic carbocycles. The van der Waals surface area contributed by atoms with Crippen LogP contribution in [0.15, 0.2) is 48.8 Å². The van der Waals surface area contributed by atoms with Crippen LogP contribution in [-0.2, 0) is 9.53 Å². The number of nitrogens with zero attached hydrogens (tertiary/aromatic N) is 3. The number of likely N-dealkylation sites (N-methyl/N-ethyl adjacent to an activating group) is 1. The van der Waals surface area contributed by atoms with Crippen molar-refractivity contribution in [2.75, 3.05) is 39.8 Å². The number of hydrogen-bond donors (Lipinski definition) is 0. The smallest absolute Gasteiger partial charge is 0.310 e. The SMILES string of the molecule is CCN(CC)CCN(CC(C)C(=O)OC)C(=O)c1ccc(-n2cccc2)cc1. The summed E-state index contributed by atoms with van der Waals surface area (Å²) in [4.78, 5) is 29.0. The summed E-state index contributed by atoms with van der Waals surface area (Å²) in [6.07, 6.45) is 3.93. The number of carbonyl (C=O) groups is 2. The highest BCUT2D eigenvalue weighted by Gasteiger charge is 2.23. The van der Waals surface area contributed by atoms with Crippen LogP contribution in [0.2, 0.25) is 0 Å². The van der Waals surface area contributed by atoms with Crippen LogP contribution in [-0.4, -0.2) is 66.1 Å². The van der Waals surface area contributed by atoms with E-state index in [2.05, 4.69) is 18.7 Å². The van der Waals surface area contributed by atoms with Gasteiger partial charge in [-0.25, -0.2) is 0 Å². The number of methoxy groups -OCH3 is 1. The van der Waals surface area contributed by atoms with Crippen LogP contribution in [0.25, 0.3) is 5.69 Å². The summed E-state index contributed by atoms with van der Waals surface area (Å²) >= 11 is 0. The second-order valence-electron chi connectivity index (χ2n) is 6.84. The average Bonchev–Trinajstić information content (AvgIpc) is 3.27. The minimum Gasteiger partial charge on any atom is -0.469 e. The van der Waals surface area contributed by atoms with E-state index >= 15 is 0 Å². The van der Waals surface area contributed by atoms with E-state index < -0.39 is 0 Å². The van der Waals surface area contributed by atoms with Crippen molar-refractivity contribution >= 4 is 11.9 Å². The molecule has 1 unspecified atom stereocenters. The van der Waals surface area contributed by atoms with Crippen molar-refractivity contribution in [3.63, 3.8) is 0 Å². The number of hydrogen-bond acceptors (Lipinski definition) is 4. The Bertz CT molecular complexity index is 737. The summed E-state index contributed by atoms with van der Waals surface area (Å²) in [5.41, 5.74) is 1.62. The van der Waals surface area contributed by atoms with Crippen molar-refractivity contribution in [1.29, 1.82) is 0 Å². The second kappa shape index (κ2) is 10.7. The van der Waals surface area contributed by atoms with Crippen molar-refractivity contribution in [2.45, 2.75) is 20.8 Å². The lowest BCUT2D eigenvalue weighted by molar-refractivity contribution is -0.145. The molecule has 28 heavy (non-hydrogen) atoms. The van der Waals surface area contributed by atoms with Crippen LogP contribution in [0.3, 0.4) is 0 Å². The highest BCUT2D eigenvalue weighted by atomic mass is 16.5. The van der Waals surface area contributed by atoms with E-state index in [0.717, 1.165) is 25.3 Å². The number of aromatic nitrogens is 1. The lowest BCUT2D eigenvalue weighted by atomic mass is 10.1. The van der Waals surface area contributed by atoms with Crippen molar-refractivity contribution in [1.82, 2.24) is 14.4 Å². The number of carbonyl (C=O) groups excluding carboxylic acids is 2. The van der Waals surface area contributed by atoms with Crippen molar-refractivity contribution in [2.24, 2.45) is 5.92 Å². The van der Waals surface area contributed by atoms with Crippen molar-refractivity contribution in [3.05, 3.63) is 54.4 Å².